The van der Waals surface area contributed by atoms with Gasteiger partial charge in [-0.25, -0.2) is 9.97 Å². The smallest absolute Gasteiger partial charge is 0.133 e. The van der Waals surface area contributed by atoms with Crippen LogP contribution in [0.5, 0.6) is 0 Å². The molecular weight excluding hydrogens is 232 g/mol. The number of aromatic nitrogens is 2. The molecule has 1 aliphatic rings. The Labute approximate surface area is 109 Å². The fraction of sp³-hybridized carbons (Fsp3) is 0.714. The van der Waals surface area contributed by atoms with Gasteiger partial charge in [0.25, 0.3) is 0 Å². The van der Waals surface area contributed by atoms with E-state index in [1.807, 2.05) is 13.0 Å². The molecule has 1 saturated carbocycles. The second kappa shape index (κ2) is 5.81. The summed E-state index contributed by atoms with van der Waals surface area (Å²) in [6.07, 6.45) is 7.79. The van der Waals surface area contributed by atoms with Gasteiger partial charge >= 0.3 is 0 Å². The topological polar surface area (TPSA) is 25.8 Å². The minimum Gasteiger partial charge on any atom is -0.238 e. The quantitative estimate of drug-likeness (QED) is 0.740. The van der Waals surface area contributed by atoms with Gasteiger partial charge in [0.2, 0.25) is 0 Å². The highest BCUT2D eigenvalue weighted by atomic mass is 35.5. The third kappa shape index (κ3) is 3.41. The van der Waals surface area contributed by atoms with E-state index in [0.717, 1.165) is 17.4 Å². The first-order chi connectivity index (χ1) is 8.19. The van der Waals surface area contributed by atoms with E-state index in [1.165, 1.54) is 38.5 Å². The summed E-state index contributed by atoms with van der Waals surface area (Å²) in [7, 11) is 0. The zero-order valence-corrected chi connectivity index (χ0v) is 11.5. The molecular formula is C14H21ClN2. The first-order valence-electron chi connectivity index (χ1n) is 6.70. The highest BCUT2D eigenvalue weighted by molar-refractivity contribution is 6.29. The molecule has 0 unspecified atom stereocenters. The molecule has 1 fully saturated rings. The molecule has 0 spiro atoms. The van der Waals surface area contributed by atoms with E-state index in [9.17, 15) is 0 Å². The molecule has 94 valence electrons. The van der Waals surface area contributed by atoms with E-state index in [0.29, 0.717) is 11.1 Å². The van der Waals surface area contributed by atoms with E-state index in [-0.39, 0.29) is 0 Å². The SMILES string of the molecule is CCCC1CCC(c2nc(C)cc(Cl)n2)CC1. The van der Waals surface area contributed by atoms with Gasteiger partial charge in [-0.05, 0) is 44.6 Å². The monoisotopic (exact) mass is 252 g/mol. The van der Waals surface area contributed by atoms with Crippen LogP contribution in [-0.2, 0) is 0 Å². The van der Waals surface area contributed by atoms with Crippen LogP contribution < -0.4 is 0 Å². The summed E-state index contributed by atoms with van der Waals surface area (Å²) in [5.41, 5.74) is 0.982. The highest BCUT2D eigenvalue weighted by Gasteiger charge is 2.23. The van der Waals surface area contributed by atoms with Crippen molar-refractivity contribution in [3.63, 3.8) is 0 Å². The number of halogens is 1. The number of rotatable bonds is 3. The van der Waals surface area contributed by atoms with Gasteiger partial charge in [-0.15, -0.1) is 0 Å². The predicted octanol–water partition coefficient (Wildman–Crippen LogP) is 4.51. The summed E-state index contributed by atoms with van der Waals surface area (Å²) in [5, 5.41) is 0.586. The lowest BCUT2D eigenvalue weighted by atomic mass is 9.80. The maximum absolute atomic E-state index is 6.00. The molecule has 0 bridgehead atoms. The second-order valence-corrected chi connectivity index (χ2v) is 5.58. The first-order valence-corrected chi connectivity index (χ1v) is 7.08. The van der Waals surface area contributed by atoms with Crippen molar-refractivity contribution in [2.45, 2.75) is 58.3 Å². The van der Waals surface area contributed by atoms with Gasteiger partial charge in [-0.2, -0.15) is 0 Å². The maximum Gasteiger partial charge on any atom is 0.133 e. The van der Waals surface area contributed by atoms with E-state index in [4.69, 9.17) is 11.6 Å². The molecule has 1 aromatic rings. The summed E-state index contributed by atoms with van der Waals surface area (Å²) >= 11 is 6.00. The molecule has 1 aromatic heterocycles. The van der Waals surface area contributed by atoms with Crippen molar-refractivity contribution < 1.29 is 0 Å². The largest absolute Gasteiger partial charge is 0.238 e. The minimum absolute atomic E-state index is 0.528. The number of hydrogen-bond acceptors (Lipinski definition) is 2. The van der Waals surface area contributed by atoms with Crippen molar-refractivity contribution in [2.75, 3.05) is 0 Å². The van der Waals surface area contributed by atoms with Crippen molar-refractivity contribution in [2.24, 2.45) is 5.92 Å². The molecule has 0 radical (unpaired) electrons. The number of nitrogens with zero attached hydrogens (tertiary/aromatic N) is 2. The summed E-state index contributed by atoms with van der Waals surface area (Å²) in [6.45, 7) is 4.26. The van der Waals surface area contributed by atoms with Crippen LogP contribution in [0, 0.1) is 12.8 Å². The summed E-state index contributed by atoms with van der Waals surface area (Å²) in [4.78, 5) is 8.92. The van der Waals surface area contributed by atoms with Gasteiger partial charge in [0.05, 0.1) is 0 Å². The van der Waals surface area contributed by atoms with Crippen LogP contribution in [0.1, 0.15) is 62.9 Å². The van der Waals surface area contributed by atoms with Crippen molar-refractivity contribution in [1.29, 1.82) is 0 Å². The van der Waals surface area contributed by atoms with Crippen molar-refractivity contribution in [1.82, 2.24) is 9.97 Å². The zero-order valence-electron chi connectivity index (χ0n) is 10.7. The van der Waals surface area contributed by atoms with Crippen LogP contribution in [0.3, 0.4) is 0 Å². The molecule has 0 aromatic carbocycles. The first kappa shape index (κ1) is 12.8. The Balaban J connectivity index is 2.00. The Morgan fingerprint density at radius 1 is 1.24 bits per heavy atom. The minimum atomic E-state index is 0.528. The average molecular weight is 253 g/mol. The molecule has 2 rings (SSSR count). The number of aryl methyl sites for hydroxylation is 1. The van der Waals surface area contributed by atoms with Crippen LogP contribution in [0.25, 0.3) is 0 Å². The Hall–Kier alpha value is -0.630. The second-order valence-electron chi connectivity index (χ2n) is 5.20. The third-order valence-electron chi connectivity index (χ3n) is 3.75. The Morgan fingerprint density at radius 2 is 1.94 bits per heavy atom. The van der Waals surface area contributed by atoms with Gasteiger partial charge < -0.3 is 0 Å². The molecule has 0 atom stereocenters. The van der Waals surface area contributed by atoms with Gasteiger partial charge in [-0.3, -0.25) is 0 Å². The Bertz CT molecular complexity index is 350. The van der Waals surface area contributed by atoms with Crippen molar-refractivity contribution in [3.8, 4) is 0 Å². The normalized spacial score (nSPS) is 24.9. The molecule has 0 N–H and O–H groups in total. The molecule has 1 heterocycles. The van der Waals surface area contributed by atoms with E-state index in [2.05, 4.69) is 16.9 Å². The Morgan fingerprint density at radius 3 is 2.53 bits per heavy atom. The van der Waals surface area contributed by atoms with Gasteiger partial charge in [0, 0.05) is 11.6 Å². The lowest BCUT2D eigenvalue weighted by Crippen LogP contribution is -2.15. The van der Waals surface area contributed by atoms with E-state index in [1.54, 1.807) is 0 Å². The Kier molecular flexibility index (Phi) is 4.38. The summed E-state index contributed by atoms with van der Waals surface area (Å²) in [6, 6.07) is 1.83. The fourth-order valence-corrected chi connectivity index (χ4v) is 3.10. The lowest BCUT2D eigenvalue weighted by Gasteiger charge is -2.27. The van der Waals surface area contributed by atoms with Crippen LogP contribution >= 0.6 is 11.6 Å². The number of hydrogen-bond donors (Lipinski definition) is 0. The van der Waals surface area contributed by atoms with Crippen LogP contribution in [0.2, 0.25) is 5.15 Å². The van der Waals surface area contributed by atoms with Gasteiger partial charge in [-0.1, -0.05) is 31.4 Å². The molecule has 1 aliphatic carbocycles. The van der Waals surface area contributed by atoms with Crippen molar-refractivity contribution in [3.05, 3.63) is 22.7 Å². The molecule has 2 nitrogen and oxygen atoms in total. The molecule has 17 heavy (non-hydrogen) atoms. The fourth-order valence-electron chi connectivity index (χ4n) is 2.85. The van der Waals surface area contributed by atoms with Crippen LogP contribution in [0.15, 0.2) is 6.07 Å². The molecule has 0 amide bonds. The lowest BCUT2D eigenvalue weighted by molar-refractivity contribution is 0.302. The maximum atomic E-state index is 6.00. The summed E-state index contributed by atoms with van der Waals surface area (Å²) < 4.78 is 0. The van der Waals surface area contributed by atoms with Gasteiger partial charge in [0.1, 0.15) is 11.0 Å². The van der Waals surface area contributed by atoms with Gasteiger partial charge in [0.15, 0.2) is 0 Å². The predicted molar refractivity (Wildman–Crippen MR) is 71.4 cm³/mol. The standard InChI is InChI=1S/C14H21ClN2/c1-3-4-11-5-7-12(8-6-11)14-16-10(2)9-13(15)17-14/h9,11-12H,3-8H2,1-2H3. The van der Waals surface area contributed by atoms with E-state index >= 15 is 0 Å². The third-order valence-corrected chi connectivity index (χ3v) is 3.94. The molecule has 0 saturated heterocycles. The highest BCUT2D eigenvalue weighted by Crippen LogP contribution is 2.36. The zero-order chi connectivity index (χ0) is 12.3. The van der Waals surface area contributed by atoms with Crippen LogP contribution in [0.4, 0.5) is 0 Å². The average Bonchev–Trinajstić information content (AvgIpc) is 2.29. The molecule has 3 heteroatoms. The molecule has 0 aliphatic heterocycles. The summed E-state index contributed by atoms with van der Waals surface area (Å²) in [5.74, 6) is 2.42. The van der Waals surface area contributed by atoms with Crippen LogP contribution in [-0.4, -0.2) is 9.97 Å². The van der Waals surface area contributed by atoms with E-state index < -0.39 is 0 Å². The van der Waals surface area contributed by atoms with Crippen molar-refractivity contribution >= 4 is 11.6 Å².